The van der Waals surface area contributed by atoms with Crippen LogP contribution in [0.1, 0.15) is 18.7 Å². The molecule has 2 N–H and O–H groups in total. The zero-order valence-corrected chi connectivity index (χ0v) is 16.0. The number of nitrogens with one attached hydrogen (secondary N) is 2. The molecule has 1 aromatic heterocycles. The molecule has 1 heterocycles. The summed E-state index contributed by atoms with van der Waals surface area (Å²) < 4.78 is 1.89. The zero-order valence-electron chi connectivity index (χ0n) is 15.1. The number of para-hydroxylation sites is 2. The largest absolute Gasteiger partial charge is 0.331 e. The fraction of sp³-hybridized carbons (Fsp3) is 0.250. The van der Waals surface area contributed by atoms with Crippen LogP contribution >= 0.6 is 11.8 Å². The van der Waals surface area contributed by atoms with E-state index in [-0.39, 0.29) is 18.2 Å². The summed E-state index contributed by atoms with van der Waals surface area (Å²) in [6, 6.07) is 17.8. The van der Waals surface area contributed by atoms with E-state index in [0.717, 1.165) is 23.2 Å². The molecule has 2 aromatic carbocycles. The van der Waals surface area contributed by atoms with Crippen molar-refractivity contribution in [1.82, 2.24) is 20.4 Å². The normalized spacial score (nSPS) is 10.7. The lowest BCUT2D eigenvalue weighted by Gasteiger charge is -2.07. The number of rotatable bonds is 7. The third-order valence-corrected chi connectivity index (χ3v) is 5.20. The molecule has 0 unspecified atom stereocenters. The van der Waals surface area contributed by atoms with E-state index in [2.05, 4.69) is 15.8 Å². The van der Waals surface area contributed by atoms with Crippen molar-refractivity contribution in [2.24, 2.45) is 7.05 Å². The van der Waals surface area contributed by atoms with Crippen LogP contribution in [-0.4, -0.2) is 27.1 Å². The standard InChI is InChI=1S/C20H22N4O2S/c1-24-17-11-6-5-10-16(17)21-18(24)14-20(26)23-22-19(25)12-7-13-27-15-8-3-2-4-9-15/h2-6,8-11H,7,12-14H2,1H3,(H,22,25)(H,23,26). The van der Waals surface area contributed by atoms with Gasteiger partial charge in [-0.25, -0.2) is 4.98 Å². The summed E-state index contributed by atoms with van der Waals surface area (Å²) in [4.78, 5) is 29.6. The van der Waals surface area contributed by atoms with E-state index in [4.69, 9.17) is 0 Å². The van der Waals surface area contributed by atoms with Crippen LogP contribution < -0.4 is 10.9 Å². The minimum absolute atomic E-state index is 0.106. The average Bonchev–Trinajstić information content (AvgIpc) is 3.00. The van der Waals surface area contributed by atoms with Gasteiger partial charge < -0.3 is 4.57 Å². The van der Waals surface area contributed by atoms with Crippen molar-refractivity contribution in [3.05, 3.63) is 60.4 Å². The Kier molecular flexibility index (Phi) is 6.49. The van der Waals surface area contributed by atoms with Crippen molar-refractivity contribution in [1.29, 1.82) is 0 Å². The lowest BCUT2D eigenvalue weighted by Crippen LogP contribution is -2.42. The Balaban J connectivity index is 1.38. The highest BCUT2D eigenvalue weighted by Gasteiger charge is 2.12. The summed E-state index contributed by atoms with van der Waals surface area (Å²) in [5, 5.41) is 0. The molecule has 0 bridgehead atoms. The Morgan fingerprint density at radius 2 is 1.70 bits per heavy atom. The van der Waals surface area contributed by atoms with Crippen molar-refractivity contribution in [2.45, 2.75) is 24.2 Å². The number of amides is 2. The SMILES string of the molecule is Cn1c(CC(=O)NNC(=O)CCCSc2ccccc2)nc2ccccc21. The number of hydrogen-bond acceptors (Lipinski definition) is 4. The molecule has 27 heavy (non-hydrogen) atoms. The molecule has 0 spiro atoms. The van der Waals surface area contributed by atoms with Crippen LogP contribution in [0.2, 0.25) is 0 Å². The molecule has 0 fully saturated rings. The topological polar surface area (TPSA) is 76.0 Å². The second-order valence-corrected chi connectivity index (χ2v) is 7.28. The number of thioether (sulfide) groups is 1. The number of aryl methyl sites for hydroxylation is 1. The van der Waals surface area contributed by atoms with Gasteiger partial charge >= 0.3 is 0 Å². The van der Waals surface area contributed by atoms with Crippen molar-refractivity contribution >= 4 is 34.6 Å². The van der Waals surface area contributed by atoms with Gasteiger partial charge in [0.15, 0.2) is 0 Å². The molecule has 0 aliphatic carbocycles. The number of nitrogens with zero attached hydrogens (tertiary/aromatic N) is 2. The summed E-state index contributed by atoms with van der Waals surface area (Å²) in [6.45, 7) is 0. The molecule has 0 saturated carbocycles. The fourth-order valence-electron chi connectivity index (χ4n) is 2.68. The van der Waals surface area contributed by atoms with Gasteiger partial charge in [-0.3, -0.25) is 20.4 Å². The van der Waals surface area contributed by atoms with E-state index in [1.165, 1.54) is 4.90 Å². The van der Waals surface area contributed by atoms with Gasteiger partial charge in [-0.2, -0.15) is 0 Å². The Morgan fingerprint density at radius 3 is 2.48 bits per heavy atom. The lowest BCUT2D eigenvalue weighted by molar-refractivity contribution is -0.128. The van der Waals surface area contributed by atoms with E-state index >= 15 is 0 Å². The smallest absolute Gasteiger partial charge is 0.245 e. The highest BCUT2D eigenvalue weighted by atomic mass is 32.2. The second-order valence-electron chi connectivity index (χ2n) is 6.11. The molecule has 7 heteroatoms. The van der Waals surface area contributed by atoms with Crippen molar-refractivity contribution in [3.63, 3.8) is 0 Å². The first kappa shape index (κ1) is 19.0. The number of imidazole rings is 1. The molecule has 0 saturated heterocycles. The van der Waals surface area contributed by atoms with Crippen LogP contribution in [-0.2, 0) is 23.1 Å². The van der Waals surface area contributed by atoms with Crippen LogP contribution in [0.25, 0.3) is 11.0 Å². The van der Waals surface area contributed by atoms with Crippen LogP contribution in [0.5, 0.6) is 0 Å². The van der Waals surface area contributed by atoms with Gasteiger partial charge in [-0.05, 0) is 36.4 Å². The highest BCUT2D eigenvalue weighted by molar-refractivity contribution is 7.99. The number of carbonyl (C=O) groups excluding carboxylic acids is 2. The molecule has 3 aromatic rings. The summed E-state index contributed by atoms with van der Waals surface area (Å²) in [5.41, 5.74) is 6.75. The summed E-state index contributed by atoms with van der Waals surface area (Å²) in [6.07, 6.45) is 1.22. The monoisotopic (exact) mass is 382 g/mol. The lowest BCUT2D eigenvalue weighted by atomic mass is 10.3. The van der Waals surface area contributed by atoms with Gasteiger partial charge in [0.2, 0.25) is 11.8 Å². The fourth-order valence-corrected chi connectivity index (χ4v) is 3.56. The molecular formula is C20H22N4O2S. The molecule has 0 radical (unpaired) electrons. The van der Waals surface area contributed by atoms with Gasteiger partial charge in [-0.1, -0.05) is 30.3 Å². The van der Waals surface area contributed by atoms with Gasteiger partial charge in [0, 0.05) is 18.4 Å². The van der Waals surface area contributed by atoms with Crippen LogP contribution in [0.4, 0.5) is 0 Å². The van der Waals surface area contributed by atoms with Gasteiger partial charge in [0.05, 0.1) is 17.5 Å². The maximum Gasteiger partial charge on any atom is 0.245 e. The van der Waals surface area contributed by atoms with E-state index in [9.17, 15) is 9.59 Å². The number of hydrogen-bond donors (Lipinski definition) is 2. The summed E-state index contributed by atoms with van der Waals surface area (Å²) in [7, 11) is 1.88. The highest BCUT2D eigenvalue weighted by Crippen LogP contribution is 2.18. The van der Waals surface area contributed by atoms with E-state index in [1.807, 2.05) is 66.2 Å². The van der Waals surface area contributed by atoms with Gasteiger partial charge in [-0.15, -0.1) is 11.8 Å². The first-order valence-corrected chi connectivity index (χ1v) is 9.78. The van der Waals surface area contributed by atoms with Crippen LogP contribution in [0.15, 0.2) is 59.5 Å². The number of benzene rings is 2. The molecule has 3 rings (SSSR count). The molecule has 2 amide bonds. The summed E-state index contributed by atoms with van der Waals surface area (Å²) in [5.74, 6) is 1.02. The number of hydrazine groups is 1. The summed E-state index contributed by atoms with van der Waals surface area (Å²) >= 11 is 1.71. The average molecular weight is 382 g/mol. The number of carbonyl (C=O) groups is 2. The Bertz CT molecular complexity index is 924. The maximum absolute atomic E-state index is 12.1. The molecule has 0 atom stereocenters. The van der Waals surface area contributed by atoms with Crippen molar-refractivity contribution in [3.8, 4) is 0 Å². The van der Waals surface area contributed by atoms with E-state index < -0.39 is 0 Å². The predicted octanol–water partition coefficient (Wildman–Crippen LogP) is 2.84. The molecule has 0 aliphatic rings. The first-order valence-electron chi connectivity index (χ1n) is 8.79. The van der Waals surface area contributed by atoms with E-state index in [1.54, 1.807) is 11.8 Å². The Morgan fingerprint density at radius 1 is 1.00 bits per heavy atom. The number of fused-ring (bicyclic) bond motifs is 1. The maximum atomic E-state index is 12.1. The zero-order chi connectivity index (χ0) is 19.1. The molecule has 0 aliphatic heterocycles. The first-order chi connectivity index (χ1) is 13.1. The van der Waals surface area contributed by atoms with E-state index in [0.29, 0.717) is 12.2 Å². The predicted molar refractivity (Wildman–Crippen MR) is 107 cm³/mol. The molecule has 6 nitrogen and oxygen atoms in total. The third-order valence-electron chi connectivity index (χ3n) is 4.10. The molecule has 140 valence electrons. The minimum Gasteiger partial charge on any atom is -0.331 e. The third kappa shape index (κ3) is 5.34. The van der Waals surface area contributed by atoms with Crippen LogP contribution in [0, 0.1) is 0 Å². The van der Waals surface area contributed by atoms with Crippen molar-refractivity contribution in [2.75, 3.05) is 5.75 Å². The Labute approximate surface area is 162 Å². The second kappa shape index (κ2) is 9.23. The quantitative estimate of drug-likeness (QED) is 0.374. The van der Waals surface area contributed by atoms with Crippen molar-refractivity contribution < 1.29 is 9.59 Å². The van der Waals surface area contributed by atoms with Crippen LogP contribution in [0.3, 0.4) is 0 Å². The molecular weight excluding hydrogens is 360 g/mol. The minimum atomic E-state index is -0.291. The van der Waals surface area contributed by atoms with Gasteiger partial charge in [0.25, 0.3) is 0 Å². The Hall–Kier alpha value is -2.80. The van der Waals surface area contributed by atoms with Gasteiger partial charge in [0.1, 0.15) is 5.82 Å². The number of aromatic nitrogens is 2.